The fraction of sp³-hybridized carbons (Fsp3) is 0.136. The van der Waals surface area contributed by atoms with Crippen molar-refractivity contribution in [2.75, 3.05) is 12.4 Å². The molecule has 0 aliphatic rings. The van der Waals surface area contributed by atoms with Gasteiger partial charge in [0.2, 0.25) is 0 Å². The standard InChI is InChI=1S/C22H19ClFN3O2/c1-3-7-16-19(22(28)29-2)26-20(15-10-11-17(23)18(24)12-15)27-21(16)25-13-14-8-5-4-6-9-14/h3-12H,13H2,1-2H3,(H,25,26,27)/b7-3-. The van der Waals surface area contributed by atoms with E-state index in [1.807, 2.05) is 37.3 Å². The molecule has 148 valence electrons. The first kappa shape index (κ1) is 20.5. The van der Waals surface area contributed by atoms with Crippen molar-refractivity contribution < 1.29 is 13.9 Å². The molecule has 1 N–H and O–H groups in total. The Morgan fingerprint density at radius 1 is 1.21 bits per heavy atom. The molecule has 0 radical (unpaired) electrons. The minimum atomic E-state index is -0.612. The SMILES string of the molecule is C/C=C\c1c(NCc2ccccc2)nc(-c2ccc(Cl)c(F)c2)nc1C(=O)OC. The van der Waals surface area contributed by atoms with E-state index in [0.717, 1.165) is 5.56 Å². The molecule has 1 heterocycles. The highest BCUT2D eigenvalue weighted by molar-refractivity contribution is 6.30. The van der Waals surface area contributed by atoms with Gasteiger partial charge in [0, 0.05) is 17.7 Å². The molecule has 29 heavy (non-hydrogen) atoms. The van der Waals surface area contributed by atoms with Crippen molar-refractivity contribution in [3.05, 3.63) is 82.3 Å². The van der Waals surface area contributed by atoms with E-state index in [1.165, 1.54) is 19.2 Å². The van der Waals surface area contributed by atoms with E-state index in [-0.39, 0.29) is 16.5 Å². The number of nitrogens with zero attached hydrogens (tertiary/aromatic N) is 2. The summed E-state index contributed by atoms with van der Waals surface area (Å²) in [5, 5.41) is 3.24. The number of hydrogen-bond donors (Lipinski definition) is 1. The van der Waals surface area contributed by atoms with Crippen LogP contribution in [0.15, 0.2) is 54.6 Å². The van der Waals surface area contributed by atoms with Gasteiger partial charge in [-0.3, -0.25) is 0 Å². The average Bonchev–Trinajstić information content (AvgIpc) is 2.75. The topological polar surface area (TPSA) is 64.1 Å². The summed E-state index contributed by atoms with van der Waals surface area (Å²) in [6.07, 6.45) is 3.51. The smallest absolute Gasteiger partial charge is 0.357 e. The van der Waals surface area contributed by atoms with Gasteiger partial charge in [-0.2, -0.15) is 0 Å². The molecule has 0 saturated carbocycles. The Bertz CT molecular complexity index is 1060. The lowest BCUT2D eigenvalue weighted by Gasteiger charge is -2.14. The summed E-state index contributed by atoms with van der Waals surface area (Å²) in [7, 11) is 1.28. The lowest BCUT2D eigenvalue weighted by Crippen LogP contribution is -2.13. The second-order valence-electron chi connectivity index (χ2n) is 6.12. The van der Waals surface area contributed by atoms with Crippen LogP contribution in [0.2, 0.25) is 5.02 Å². The van der Waals surface area contributed by atoms with Crippen LogP contribution in [-0.4, -0.2) is 23.0 Å². The third-order valence-corrected chi connectivity index (χ3v) is 4.44. The maximum Gasteiger partial charge on any atom is 0.357 e. The molecule has 0 atom stereocenters. The number of anilines is 1. The lowest BCUT2D eigenvalue weighted by atomic mass is 10.1. The van der Waals surface area contributed by atoms with Gasteiger partial charge in [0.25, 0.3) is 0 Å². The predicted molar refractivity (Wildman–Crippen MR) is 112 cm³/mol. The molecule has 7 heteroatoms. The molecule has 0 fully saturated rings. The van der Waals surface area contributed by atoms with Crippen LogP contribution in [0.1, 0.15) is 28.5 Å². The van der Waals surface area contributed by atoms with Gasteiger partial charge in [-0.05, 0) is 30.7 Å². The summed E-state index contributed by atoms with van der Waals surface area (Å²) in [5.74, 6) is -0.583. The fourth-order valence-electron chi connectivity index (χ4n) is 2.73. The molecule has 2 aromatic carbocycles. The number of ether oxygens (including phenoxy) is 1. The number of aromatic nitrogens is 2. The second kappa shape index (κ2) is 9.30. The van der Waals surface area contributed by atoms with Gasteiger partial charge in [-0.25, -0.2) is 19.2 Å². The number of esters is 1. The zero-order valence-corrected chi connectivity index (χ0v) is 16.7. The highest BCUT2D eigenvalue weighted by atomic mass is 35.5. The van der Waals surface area contributed by atoms with Gasteiger partial charge in [0.05, 0.1) is 12.1 Å². The number of hydrogen-bond acceptors (Lipinski definition) is 5. The van der Waals surface area contributed by atoms with Gasteiger partial charge in [-0.15, -0.1) is 0 Å². The molecule has 0 spiro atoms. The molecule has 0 aliphatic heterocycles. The monoisotopic (exact) mass is 411 g/mol. The van der Waals surface area contributed by atoms with Crippen LogP contribution in [0.5, 0.6) is 0 Å². The Balaban J connectivity index is 2.11. The second-order valence-corrected chi connectivity index (χ2v) is 6.52. The highest BCUT2D eigenvalue weighted by Gasteiger charge is 2.20. The third kappa shape index (κ3) is 4.78. The van der Waals surface area contributed by atoms with Crippen LogP contribution < -0.4 is 5.32 Å². The normalized spacial score (nSPS) is 10.9. The number of methoxy groups -OCH3 is 1. The number of allylic oxidation sites excluding steroid dienone is 1. The van der Waals surface area contributed by atoms with Gasteiger partial charge < -0.3 is 10.1 Å². The summed E-state index contributed by atoms with van der Waals surface area (Å²) in [6, 6.07) is 14.0. The number of halogens is 2. The molecular formula is C22H19ClFN3O2. The number of carbonyl (C=O) groups excluding carboxylic acids is 1. The fourth-order valence-corrected chi connectivity index (χ4v) is 2.84. The van der Waals surface area contributed by atoms with Crippen molar-refractivity contribution in [3.8, 4) is 11.4 Å². The Morgan fingerprint density at radius 3 is 2.62 bits per heavy atom. The first-order valence-electron chi connectivity index (χ1n) is 8.89. The number of benzene rings is 2. The van der Waals surface area contributed by atoms with E-state index in [4.69, 9.17) is 16.3 Å². The molecule has 5 nitrogen and oxygen atoms in total. The van der Waals surface area contributed by atoms with Crippen molar-refractivity contribution >= 4 is 29.5 Å². The van der Waals surface area contributed by atoms with E-state index in [1.54, 1.807) is 18.2 Å². The van der Waals surface area contributed by atoms with Gasteiger partial charge in [0.1, 0.15) is 11.6 Å². The molecule has 3 rings (SSSR count). The largest absolute Gasteiger partial charge is 0.464 e. The highest BCUT2D eigenvalue weighted by Crippen LogP contribution is 2.27. The van der Waals surface area contributed by atoms with Crippen molar-refractivity contribution in [3.63, 3.8) is 0 Å². The Kier molecular flexibility index (Phi) is 6.57. The summed E-state index contributed by atoms with van der Waals surface area (Å²) >= 11 is 5.78. The maximum absolute atomic E-state index is 14.0. The summed E-state index contributed by atoms with van der Waals surface area (Å²) in [5.41, 5.74) is 2.01. The Morgan fingerprint density at radius 2 is 1.97 bits per heavy atom. The zero-order valence-electron chi connectivity index (χ0n) is 15.9. The number of nitrogens with one attached hydrogen (secondary N) is 1. The molecule has 0 unspecified atom stereocenters. The van der Waals surface area contributed by atoms with E-state index in [9.17, 15) is 9.18 Å². The quantitative estimate of drug-likeness (QED) is 0.552. The molecule has 0 aliphatic carbocycles. The predicted octanol–water partition coefficient (Wildman–Crippen LogP) is 5.37. The molecule has 0 amide bonds. The summed E-state index contributed by atoms with van der Waals surface area (Å²) in [6.45, 7) is 2.31. The van der Waals surface area contributed by atoms with Crippen molar-refractivity contribution in [1.29, 1.82) is 0 Å². The molecule has 1 aromatic heterocycles. The van der Waals surface area contributed by atoms with Crippen LogP contribution in [0, 0.1) is 5.82 Å². The van der Waals surface area contributed by atoms with Gasteiger partial charge in [0.15, 0.2) is 11.5 Å². The van der Waals surface area contributed by atoms with Crippen molar-refractivity contribution in [2.24, 2.45) is 0 Å². The molecule has 3 aromatic rings. The van der Waals surface area contributed by atoms with E-state index in [0.29, 0.717) is 23.5 Å². The van der Waals surface area contributed by atoms with E-state index in [2.05, 4.69) is 15.3 Å². The number of rotatable bonds is 6. The minimum absolute atomic E-state index is 0.00472. The van der Waals surface area contributed by atoms with Crippen LogP contribution in [0.3, 0.4) is 0 Å². The Labute approximate surface area is 173 Å². The summed E-state index contributed by atoms with van der Waals surface area (Å²) in [4.78, 5) is 21.2. The maximum atomic E-state index is 14.0. The lowest BCUT2D eigenvalue weighted by molar-refractivity contribution is 0.0594. The average molecular weight is 412 g/mol. The first-order chi connectivity index (χ1) is 14.0. The number of carbonyl (C=O) groups is 1. The van der Waals surface area contributed by atoms with E-state index >= 15 is 0 Å². The molecule has 0 saturated heterocycles. The summed E-state index contributed by atoms with van der Waals surface area (Å²) < 4.78 is 18.8. The van der Waals surface area contributed by atoms with E-state index < -0.39 is 11.8 Å². The van der Waals surface area contributed by atoms with Gasteiger partial charge in [-0.1, -0.05) is 54.1 Å². The first-order valence-corrected chi connectivity index (χ1v) is 9.27. The minimum Gasteiger partial charge on any atom is -0.464 e. The molecular weight excluding hydrogens is 393 g/mol. The van der Waals surface area contributed by atoms with Crippen LogP contribution in [0.25, 0.3) is 17.5 Å². The van der Waals surface area contributed by atoms with Crippen LogP contribution in [0.4, 0.5) is 10.2 Å². The zero-order chi connectivity index (χ0) is 20.8. The van der Waals surface area contributed by atoms with Crippen LogP contribution in [-0.2, 0) is 11.3 Å². The third-order valence-electron chi connectivity index (χ3n) is 4.14. The van der Waals surface area contributed by atoms with Gasteiger partial charge >= 0.3 is 5.97 Å². The van der Waals surface area contributed by atoms with Crippen LogP contribution >= 0.6 is 11.6 Å². The molecule has 0 bridgehead atoms. The van der Waals surface area contributed by atoms with Crippen molar-refractivity contribution in [1.82, 2.24) is 9.97 Å². The Hall–Kier alpha value is -3.25. The van der Waals surface area contributed by atoms with Crippen molar-refractivity contribution in [2.45, 2.75) is 13.5 Å².